The summed E-state index contributed by atoms with van der Waals surface area (Å²) in [5.41, 5.74) is 2.37. The molecule has 2 aromatic rings. The molecule has 0 saturated carbocycles. The third kappa shape index (κ3) is 3.06. The standard InChI is InChI=1S/C17H23ClN2/c1-4-17(5-2,11-18)12-19-16-13(3)10-14-8-6-7-9-15(14)20-16/h6-10H,4-5,11-12H2,1-3H3,(H,19,20). The molecule has 0 aliphatic carbocycles. The van der Waals surface area contributed by atoms with Crippen LogP contribution in [-0.2, 0) is 0 Å². The Hall–Kier alpha value is -1.28. The predicted octanol–water partition coefficient (Wildman–Crippen LogP) is 5.00. The summed E-state index contributed by atoms with van der Waals surface area (Å²) in [6.07, 6.45) is 2.15. The molecule has 108 valence electrons. The number of aryl methyl sites for hydroxylation is 1. The first kappa shape index (κ1) is 15.1. The Labute approximate surface area is 126 Å². The molecular weight excluding hydrogens is 268 g/mol. The quantitative estimate of drug-likeness (QED) is 0.757. The van der Waals surface area contributed by atoms with Crippen molar-refractivity contribution in [3.63, 3.8) is 0 Å². The molecule has 1 aromatic heterocycles. The van der Waals surface area contributed by atoms with E-state index in [1.807, 2.05) is 18.2 Å². The number of hydrogen-bond donors (Lipinski definition) is 1. The maximum Gasteiger partial charge on any atom is 0.129 e. The zero-order valence-electron chi connectivity index (χ0n) is 12.5. The minimum Gasteiger partial charge on any atom is -0.369 e. The first-order valence-corrected chi connectivity index (χ1v) is 7.84. The Balaban J connectivity index is 2.23. The summed E-state index contributed by atoms with van der Waals surface area (Å²) in [7, 11) is 0. The smallest absolute Gasteiger partial charge is 0.129 e. The number of rotatable bonds is 6. The van der Waals surface area contributed by atoms with E-state index in [1.54, 1.807) is 0 Å². The topological polar surface area (TPSA) is 24.9 Å². The van der Waals surface area contributed by atoms with Crippen LogP contribution in [0.25, 0.3) is 10.9 Å². The molecule has 0 unspecified atom stereocenters. The van der Waals surface area contributed by atoms with Crippen molar-refractivity contribution in [1.29, 1.82) is 0 Å². The fourth-order valence-corrected chi connectivity index (χ4v) is 2.88. The van der Waals surface area contributed by atoms with Crippen molar-refractivity contribution < 1.29 is 0 Å². The van der Waals surface area contributed by atoms with Crippen LogP contribution < -0.4 is 5.32 Å². The van der Waals surface area contributed by atoms with Crippen molar-refractivity contribution >= 4 is 28.3 Å². The van der Waals surface area contributed by atoms with Crippen LogP contribution in [0.3, 0.4) is 0 Å². The number of nitrogens with one attached hydrogen (secondary N) is 1. The number of aromatic nitrogens is 1. The van der Waals surface area contributed by atoms with E-state index in [0.29, 0.717) is 5.88 Å². The van der Waals surface area contributed by atoms with E-state index in [0.717, 1.165) is 30.7 Å². The minimum atomic E-state index is 0.154. The summed E-state index contributed by atoms with van der Waals surface area (Å²) in [6, 6.07) is 10.4. The number of benzene rings is 1. The number of pyridine rings is 1. The van der Waals surface area contributed by atoms with Crippen LogP contribution in [0.5, 0.6) is 0 Å². The highest BCUT2D eigenvalue weighted by atomic mass is 35.5. The van der Waals surface area contributed by atoms with Crippen LogP contribution in [0.2, 0.25) is 0 Å². The third-order valence-electron chi connectivity index (χ3n) is 4.33. The lowest BCUT2D eigenvalue weighted by Crippen LogP contribution is -2.30. The lowest BCUT2D eigenvalue weighted by Gasteiger charge is -2.30. The minimum absolute atomic E-state index is 0.154. The molecule has 1 N–H and O–H groups in total. The number of hydrogen-bond acceptors (Lipinski definition) is 2. The van der Waals surface area contributed by atoms with Gasteiger partial charge in [-0.25, -0.2) is 4.98 Å². The Morgan fingerprint density at radius 1 is 1.20 bits per heavy atom. The molecule has 2 rings (SSSR count). The van der Waals surface area contributed by atoms with Gasteiger partial charge >= 0.3 is 0 Å². The average molecular weight is 291 g/mol. The van der Waals surface area contributed by atoms with Crippen molar-refractivity contribution in [3.8, 4) is 0 Å². The van der Waals surface area contributed by atoms with Crippen LogP contribution in [0.1, 0.15) is 32.3 Å². The van der Waals surface area contributed by atoms with Crippen molar-refractivity contribution in [1.82, 2.24) is 4.98 Å². The summed E-state index contributed by atoms with van der Waals surface area (Å²) in [5.74, 6) is 1.65. The molecule has 0 amide bonds. The Morgan fingerprint density at radius 2 is 1.90 bits per heavy atom. The monoisotopic (exact) mass is 290 g/mol. The molecular formula is C17H23ClN2. The van der Waals surface area contributed by atoms with Gasteiger partial charge in [-0.1, -0.05) is 32.0 Å². The third-order valence-corrected chi connectivity index (χ3v) is 4.90. The second-order valence-electron chi connectivity index (χ2n) is 5.54. The second-order valence-corrected chi connectivity index (χ2v) is 5.81. The van der Waals surface area contributed by atoms with Crippen molar-refractivity contribution in [2.24, 2.45) is 5.41 Å². The van der Waals surface area contributed by atoms with Crippen molar-refractivity contribution in [2.45, 2.75) is 33.6 Å². The van der Waals surface area contributed by atoms with Gasteiger partial charge in [-0.3, -0.25) is 0 Å². The number of alkyl halides is 1. The molecule has 0 aliphatic rings. The zero-order valence-corrected chi connectivity index (χ0v) is 13.3. The molecule has 0 radical (unpaired) electrons. The SMILES string of the molecule is CCC(CC)(CCl)CNc1nc2ccccc2cc1C. The highest BCUT2D eigenvalue weighted by Gasteiger charge is 2.25. The number of halogens is 1. The van der Waals surface area contributed by atoms with Crippen molar-refractivity contribution in [3.05, 3.63) is 35.9 Å². The van der Waals surface area contributed by atoms with Gasteiger partial charge in [0.1, 0.15) is 5.82 Å². The molecule has 0 bridgehead atoms. The summed E-state index contributed by atoms with van der Waals surface area (Å²) in [5, 5.41) is 4.69. The Kier molecular flexibility index (Phi) is 4.87. The van der Waals surface area contributed by atoms with Gasteiger partial charge in [0.05, 0.1) is 5.52 Å². The molecule has 0 saturated heterocycles. The highest BCUT2D eigenvalue weighted by molar-refractivity contribution is 6.18. The van der Waals surface area contributed by atoms with Crippen LogP contribution in [0.4, 0.5) is 5.82 Å². The lowest BCUT2D eigenvalue weighted by atomic mass is 9.84. The van der Waals surface area contributed by atoms with E-state index in [2.05, 4.69) is 38.2 Å². The first-order chi connectivity index (χ1) is 9.64. The number of para-hydroxylation sites is 1. The number of fused-ring (bicyclic) bond motifs is 1. The molecule has 0 aliphatic heterocycles. The van der Waals surface area contributed by atoms with Crippen molar-refractivity contribution in [2.75, 3.05) is 17.7 Å². The molecule has 1 aromatic carbocycles. The molecule has 1 heterocycles. The van der Waals surface area contributed by atoms with E-state index < -0.39 is 0 Å². The maximum atomic E-state index is 6.17. The lowest BCUT2D eigenvalue weighted by molar-refractivity contribution is 0.326. The van der Waals surface area contributed by atoms with Gasteiger partial charge in [0, 0.05) is 23.2 Å². The molecule has 0 spiro atoms. The van der Waals surface area contributed by atoms with Gasteiger partial charge in [-0.15, -0.1) is 11.6 Å². The summed E-state index contributed by atoms with van der Waals surface area (Å²) in [6.45, 7) is 7.38. The van der Waals surface area contributed by atoms with Gasteiger partial charge in [0.15, 0.2) is 0 Å². The van der Waals surface area contributed by atoms with E-state index in [4.69, 9.17) is 16.6 Å². The second kappa shape index (κ2) is 6.45. The normalized spacial score (nSPS) is 11.8. The Bertz CT molecular complexity index is 568. The fourth-order valence-electron chi connectivity index (χ4n) is 2.41. The van der Waals surface area contributed by atoms with Crippen LogP contribution in [0.15, 0.2) is 30.3 Å². The molecule has 20 heavy (non-hydrogen) atoms. The van der Waals surface area contributed by atoms with Gasteiger partial charge in [-0.05, 0) is 37.5 Å². The first-order valence-electron chi connectivity index (χ1n) is 7.30. The molecule has 0 atom stereocenters. The van der Waals surface area contributed by atoms with E-state index in [1.165, 1.54) is 10.9 Å². The predicted molar refractivity (Wildman–Crippen MR) is 88.7 cm³/mol. The summed E-state index contributed by atoms with van der Waals surface area (Å²) < 4.78 is 0. The van der Waals surface area contributed by atoms with Gasteiger partial charge in [0.2, 0.25) is 0 Å². The number of anilines is 1. The van der Waals surface area contributed by atoms with Crippen LogP contribution in [0, 0.1) is 12.3 Å². The zero-order chi connectivity index (χ0) is 14.6. The van der Waals surface area contributed by atoms with E-state index >= 15 is 0 Å². The van der Waals surface area contributed by atoms with Gasteiger partial charge < -0.3 is 5.32 Å². The maximum absolute atomic E-state index is 6.17. The van der Waals surface area contributed by atoms with Gasteiger partial charge in [0.25, 0.3) is 0 Å². The fraction of sp³-hybridized carbons (Fsp3) is 0.471. The molecule has 0 fully saturated rings. The van der Waals surface area contributed by atoms with E-state index in [-0.39, 0.29) is 5.41 Å². The largest absolute Gasteiger partial charge is 0.369 e. The van der Waals surface area contributed by atoms with Crippen LogP contribution in [-0.4, -0.2) is 17.4 Å². The average Bonchev–Trinajstić information content (AvgIpc) is 2.49. The number of nitrogens with zero attached hydrogens (tertiary/aromatic N) is 1. The summed E-state index contributed by atoms with van der Waals surface area (Å²) in [4.78, 5) is 4.73. The Morgan fingerprint density at radius 3 is 2.55 bits per heavy atom. The molecule has 2 nitrogen and oxygen atoms in total. The van der Waals surface area contributed by atoms with Gasteiger partial charge in [-0.2, -0.15) is 0 Å². The van der Waals surface area contributed by atoms with E-state index in [9.17, 15) is 0 Å². The van der Waals surface area contributed by atoms with Crippen LogP contribution >= 0.6 is 11.6 Å². The summed E-state index contributed by atoms with van der Waals surface area (Å²) >= 11 is 6.17. The highest BCUT2D eigenvalue weighted by Crippen LogP contribution is 2.29. The molecule has 3 heteroatoms.